The van der Waals surface area contributed by atoms with E-state index >= 15 is 0 Å². The number of carbonyl (C=O) groups excluding carboxylic acids is 1. The molecule has 1 saturated heterocycles. The third-order valence-corrected chi connectivity index (χ3v) is 7.52. The van der Waals surface area contributed by atoms with Crippen LogP contribution in [0.3, 0.4) is 0 Å². The van der Waals surface area contributed by atoms with Crippen LogP contribution in [-0.2, 0) is 16.0 Å². The molecule has 174 valence electrons. The number of aromatic nitrogens is 3. The zero-order valence-corrected chi connectivity index (χ0v) is 20.1. The van der Waals surface area contributed by atoms with Crippen molar-refractivity contribution in [3.63, 3.8) is 0 Å². The number of nitrogens with one attached hydrogen (secondary N) is 1. The van der Waals surface area contributed by atoms with Crippen LogP contribution in [0.25, 0.3) is 10.2 Å². The summed E-state index contributed by atoms with van der Waals surface area (Å²) >= 11 is 7.45. The van der Waals surface area contributed by atoms with E-state index in [0.717, 1.165) is 16.9 Å². The van der Waals surface area contributed by atoms with Crippen molar-refractivity contribution in [2.24, 2.45) is 0 Å². The van der Waals surface area contributed by atoms with Crippen LogP contribution < -0.4 is 15.8 Å². The number of pyridine rings is 1. The van der Waals surface area contributed by atoms with Gasteiger partial charge in [0.15, 0.2) is 5.69 Å². The van der Waals surface area contributed by atoms with E-state index in [0.29, 0.717) is 48.2 Å². The van der Waals surface area contributed by atoms with Crippen molar-refractivity contribution in [3.8, 4) is 0 Å². The summed E-state index contributed by atoms with van der Waals surface area (Å²) < 4.78 is 12.9. The highest BCUT2D eigenvalue weighted by molar-refractivity contribution is 7.19. The van der Waals surface area contributed by atoms with Crippen molar-refractivity contribution in [3.05, 3.63) is 43.8 Å². The van der Waals surface area contributed by atoms with Crippen molar-refractivity contribution in [1.82, 2.24) is 14.5 Å². The number of esters is 1. The molecule has 9 nitrogen and oxygen atoms in total. The molecular weight excluding hydrogens is 466 g/mol. The van der Waals surface area contributed by atoms with Crippen molar-refractivity contribution >= 4 is 50.8 Å². The van der Waals surface area contributed by atoms with Gasteiger partial charge in [0, 0.05) is 23.5 Å². The fourth-order valence-corrected chi connectivity index (χ4v) is 5.94. The van der Waals surface area contributed by atoms with Gasteiger partial charge in [-0.2, -0.15) is 0 Å². The second-order valence-corrected chi connectivity index (χ2v) is 9.83. The summed E-state index contributed by atoms with van der Waals surface area (Å²) in [6.45, 7) is 6.59. The monoisotopic (exact) mass is 489 g/mol. The van der Waals surface area contributed by atoms with Crippen molar-refractivity contribution < 1.29 is 14.3 Å². The zero-order valence-electron chi connectivity index (χ0n) is 18.6. The first-order valence-electron chi connectivity index (χ1n) is 10.8. The van der Waals surface area contributed by atoms with E-state index in [-0.39, 0.29) is 28.5 Å². The van der Waals surface area contributed by atoms with E-state index in [1.807, 2.05) is 13.8 Å². The lowest BCUT2D eigenvalue weighted by Gasteiger charge is -2.40. The number of rotatable bonds is 4. The lowest BCUT2D eigenvalue weighted by molar-refractivity contribution is 0.0595. The van der Waals surface area contributed by atoms with Gasteiger partial charge < -0.3 is 19.7 Å². The molecule has 0 saturated carbocycles. The third-order valence-electron chi connectivity index (χ3n) is 6.21. The number of aryl methyl sites for hydroxylation is 1. The first-order chi connectivity index (χ1) is 15.9. The van der Waals surface area contributed by atoms with Crippen molar-refractivity contribution in [2.45, 2.75) is 38.9 Å². The number of halogens is 1. The predicted octanol–water partition coefficient (Wildman–Crippen LogP) is 3.38. The van der Waals surface area contributed by atoms with Gasteiger partial charge in [-0.05, 0) is 32.4 Å². The molecule has 0 aromatic carbocycles. The Bertz CT molecular complexity index is 1310. The molecule has 2 aliphatic heterocycles. The number of morpholine rings is 1. The number of hydrogen-bond donors (Lipinski definition) is 1. The number of anilines is 2. The average Bonchev–Trinajstić information content (AvgIpc) is 3.16. The van der Waals surface area contributed by atoms with E-state index < -0.39 is 5.97 Å². The summed E-state index contributed by atoms with van der Waals surface area (Å²) in [5, 5.41) is 3.55. The lowest BCUT2D eigenvalue weighted by Crippen LogP contribution is -2.51. The molecule has 1 N–H and O–H groups in total. The van der Waals surface area contributed by atoms with Gasteiger partial charge in [-0.3, -0.25) is 9.36 Å². The van der Waals surface area contributed by atoms with Gasteiger partial charge in [0.2, 0.25) is 5.95 Å². The Labute approximate surface area is 199 Å². The number of thiophene rings is 1. The van der Waals surface area contributed by atoms with Crippen LogP contribution in [0, 0.1) is 6.92 Å². The van der Waals surface area contributed by atoms with Crippen molar-refractivity contribution in [2.75, 3.05) is 37.1 Å². The largest absolute Gasteiger partial charge is 0.464 e. The molecular formula is C22H24ClN5O4S. The van der Waals surface area contributed by atoms with E-state index in [4.69, 9.17) is 26.1 Å². The van der Waals surface area contributed by atoms with Crippen LogP contribution in [0.2, 0.25) is 5.15 Å². The summed E-state index contributed by atoms with van der Waals surface area (Å²) in [6, 6.07) is 3.31. The maximum Gasteiger partial charge on any atom is 0.358 e. The summed E-state index contributed by atoms with van der Waals surface area (Å²) in [5.41, 5.74) is 2.23. The smallest absolute Gasteiger partial charge is 0.358 e. The average molecular weight is 490 g/mol. The minimum Gasteiger partial charge on any atom is -0.464 e. The summed E-state index contributed by atoms with van der Waals surface area (Å²) in [4.78, 5) is 37.9. The molecule has 5 heterocycles. The molecule has 0 aliphatic carbocycles. The Kier molecular flexibility index (Phi) is 5.75. The maximum absolute atomic E-state index is 13.4. The SMILES string of the molecule is COC(=O)c1nc(Cl)ccc1N[C@H](C)c1c(C)sc2c(=O)n3c(nc12)N1CCOC[C@@H]1CC3. The molecule has 11 heteroatoms. The normalized spacial score (nSPS) is 18.5. The van der Waals surface area contributed by atoms with E-state index in [1.54, 1.807) is 16.7 Å². The molecule has 3 aromatic heterocycles. The van der Waals surface area contributed by atoms with E-state index in [1.165, 1.54) is 18.4 Å². The Balaban J connectivity index is 1.58. The van der Waals surface area contributed by atoms with Crippen LogP contribution in [0.15, 0.2) is 16.9 Å². The maximum atomic E-state index is 13.4. The number of nitrogens with zero attached hydrogens (tertiary/aromatic N) is 4. The highest BCUT2D eigenvalue weighted by Crippen LogP contribution is 2.36. The van der Waals surface area contributed by atoms with Crippen LogP contribution in [-0.4, -0.2) is 53.4 Å². The Morgan fingerprint density at radius 1 is 1.36 bits per heavy atom. The van der Waals surface area contributed by atoms with Gasteiger partial charge in [0.1, 0.15) is 9.85 Å². The molecule has 0 radical (unpaired) electrons. The van der Waals surface area contributed by atoms with Crippen LogP contribution in [0.1, 0.15) is 40.3 Å². The molecule has 2 aliphatic rings. The molecule has 3 aromatic rings. The number of fused-ring (bicyclic) bond motifs is 4. The Morgan fingerprint density at radius 2 is 2.18 bits per heavy atom. The topological polar surface area (TPSA) is 98.6 Å². The van der Waals surface area contributed by atoms with Crippen LogP contribution >= 0.6 is 22.9 Å². The number of carbonyl (C=O) groups is 1. The highest BCUT2D eigenvalue weighted by Gasteiger charge is 2.33. The zero-order chi connectivity index (χ0) is 23.3. The summed E-state index contributed by atoms with van der Waals surface area (Å²) in [5.74, 6) is 0.129. The van der Waals surface area contributed by atoms with Crippen molar-refractivity contribution in [1.29, 1.82) is 0 Å². The van der Waals surface area contributed by atoms with Crippen LogP contribution in [0.4, 0.5) is 11.6 Å². The number of methoxy groups -OCH3 is 1. The molecule has 2 atom stereocenters. The summed E-state index contributed by atoms with van der Waals surface area (Å²) in [7, 11) is 1.30. The molecule has 33 heavy (non-hydrogen) atoms. The quantitative estimate of drug-likeness (QED) is 0.440. The number of ether oxygens (including phenoxy) is 2. The Hall–Kier alpha value is -2.69. The van der Waals surface area contributed by atoms with Gasteiger partial charge in [-0.15, -0.1) is 11.3 Å². The van der Waals surface area contributed by atoms with Gasteiger partial charge in [0.25, 0.3) is 5.56 Å². The first kappa shape index (κ1) is 22.1. The van der Waals surface area contributed by atoms with Gasteiger partial charge >= 0.3 is 5.97 Å². The molecule has 1 fully saturated rings. The van der Waals surface area contributed by atoms with E-state index in [9.17, 15) is 9.59 Å². The molecule has 0 unspecified atom stereocenters. The minimum absolute atomic E-state index is 0.00472. The molecule has 0 amide bonds. The first-order valence-corrected chi connectivity index (χ1v) is 12.0. The molecule has 0 bridgehead atoms. The fraction of sp³-hybridized carbons (Fsp3) is 0.455. The second-order valence-electron chi connectivity index (χ2n) is 8.22. The van der Waals surface area contributed by atoms with Crippen LogP contribution in [0.5, 0.6) is 0 Å². The second kappa shape index (κ2) is 8.58. The standard InChI is InChI=1S/C22H24ClN5O4S/c1-11(24-14-4-5-15(23)25-17(14)21(30)31-3)16-12(2)33-19-18(16)26-22-27-8-9-32-10-13(27)6-7-28(22)20(19)29/h4-5,11,13,24H,6-10H2,1-3H3/t11-,13+/m1/s1. The highest BCUT2D eigenvalue weighted by atomic mass is 35.5. The fourth-order valence-electron chi connectivity index (χ4n) is 4.65. The Morgan fingerprint density at radius 3 is 2.97 bits per heavy atom. The minimum atomic E-state index is -0.581. The molecule has 5 rings (SSSR count). The predicted molar refractivity (Wildman–Crippen MR) is 128 cm³/mol. The molecule has 0 spiro atoms. The summed E-state index contributed by atoms with van der Waals surface area (Å²) in [6.07, 6.45) is 0.870. The van der Waals surface area contributed by atoms with Gasteiger partial charge in [0.05, 0.1) is 43.6 Å². The third kappa shape index (κ3) is 3.75. The van der Waals surface area contributed by atoms with Gasteiger partial charge in [-0.1, -0.05) is 11.6 Å². The number of hydrogen-bond acceptors (Lipinski definition) is 9. The van der Waals surface area contributed by atoms with E-state index in [2.05, 4.69) is 15.2 Å². The van der Waals surface area contributed by atoms with Gasteiger partial charge in [-0.25, -0.2) is 14.8 Å². The lowest BCUT2D eigenvalue weighted by atomic mass is 10.1.